The number of sulfonamides is 1. The van der Waals surface area contributed by atoms with Gasteiger partial charge in [-0.3, -0.25) is 0 Å². The van der Waals surface area contributed by atoms with Gasteiger partial charge in [0.15, 0.2) is 0 Å². The van der Waals surface area contributed by atoms with Gasteiger partial charge in [0.1, 0.15) is 5.75 Å². The Balaban J connectivity index is 2.52. The third kappa shape index (κ3) is 5.71. The van der Waals surface area contributed by atoms with Crippen LogP contribution in [0.1, 0.15) is 17.3 Å². The van der Waals surface area contributed by atoms with Crippen molar-refractivity contribution in [3.8, 4) is 5.75 Å². The van der Waals surface area contributed by atoms with Crippen LogP contribution in [-0.2, 0) is 14.8 Å². The highest BCUT2D eigenvalue weighted by Crippen LogP contribution is 2.14. The maximum absolute atomic E-state index is 11.2. The number of nitrogens with two attached hydrogens (primary N) is 1. The number of ether oxygens (including phenoxy) is 2. The summed E-state index contributed by atoms with van der Waals surface area (Å²) in [7, 11) is -2.18. The monoisotopic (exact) mass is 287 g/mol. The van der Waals surface area contributed by atoms with Crippen molar-refractivity contribution in [1.29, 1.82) is 0 Å². The summed E-state index contributed by atoms with van der Waals surface area (Å²) in [6.45, 7) is 1.96. The molecule has 0 aromatic heterocycles. The molecular weight excluding hydrogens is 270 g/mol. The van der Waals surface area contributed by atoms with Gasteiger partial charge >= 0.3 is 5.97 Å². The van der Waals surface area contributed by atoms with Crippen LogP contribution in [0.5, 0.6) is 5.75 Å². The fraction of sp³-hybridized carbons (Fsp3) is 0.417. The molecule has 106 valence electrons. The van der Waals surface area contributed by atoms with Crippen LogP contribution in [0.15, 0.2) is 24.3 Å². The first-order chi connectivity index (χ1) is 8.81. The number of rotatable bonds is 6. The van der Waals surface area contributed by atoms with E-state index in [1.54, 1.807) is 31.2 Å². The lowest BCUT2D eigenvalue weighted by atomic mass is 10.2. The average molecular weight is 287 g/mol. The molecule has 0 amide bonds. The molecule has 0 aliphatic heterocycles. The summed E-state index contributed by atoms with van der Waals surface area (Å²) in [5, 5.41) is 4.94. The van der Waals surface area contributed by atoms with Crippen LogP contribution in [0, 0.1) is 5.92 Å². The standard InChI is InChI=1S/C12H17NO5S/c1-9(8-19(13,15)16)7-18-11-5-3-10(4-6-11)12(14)17-2/h3-6,9H,7-8H2,1-2H3,(H2,13,15,16). The molecule has 2 N–H and O–H groups in total. The molecule has 1 atom stereocenters. The molecule has 0 aliphatic rings. The van der Waals surface area contributed by atoms with Gasteiger partial charge in [-0.1, -0.05) is 6.92 Å². The van der Waals surface area contributed by atoms with Gasteiger partial charge in [0.25, 0.3) is 0 Å². The van der Waals surface area contributed by atoms with Crippen molar-refractivity contribution >= 4 is 16.0 Å². The van der Waals surface area contributed by atoms with E-state index in [1.165, 1.54) is 7.11 Å². The van der Waals surface area contributed by atoms with Crippen LogP contribution in [0.3, 0.4) is 0 Å². The topological polar surface area (TPSA) is 95.7 Å². The maximum atomic E-state index is 11.2. The number of primary sulfonamides is 1. The number of carbonyl (C=O) groups is 1. The first-order valence-electron chi connectivity index (χ1n) is 5.63. The van der Waals surface area contributed by atoms with Gasteiger partial charge in [-0.2, -0.15) is 0 Å². The molecule has 0 saturated carbocycles. The number of esters is 1. The molecule has 1 aromatic rings. The number of carbonyl (C=O) groups excluding carboxylic acids is 1. The van der Waals surface area contributed by atoms with Crippen molar-refractivity contribution in [1.82, 2.24) is 0 Å². The van der Waals surface area contributed by atoms with Crippen LogP contribution in [0.2, 0.25) is 0 Å². The van der Waals surface area contributed by atoms with E-state index >= 15 is 0 Å². The lowest BCUT2D eigenvalue weighted by Gasteiger charge is -2.12. The molecule has 1 unspecified atom stereocenters. The number of hydrogen-bond donors (Lipinski definition) is 1. The van der Waals surface area contributed by atoms with E-state index in [2.05, 4.69) is 4.74 Å². The quantitative estimate of drug-likeness (QED) is 0.780. The molecule has 1 aromatic carbocycles. The Morgan fingerprint density at radius 3 is 2.37 bits per heavy atom. The Kier molecular flexibility index (Phi) is 5.31. The molecule has 0 aliphatic carbocycles. The smallest absolute Gasteiger partial charge is 0.337 e. The molecule has 0 fully saturated rings. The molecule has 19 heavy (non-hydrogen) atoms. The summed E-state index contributed by atoms with van der Waals surface area (Å²) >= 11 is 0. The highest BCUT2D eigenvalue weighted by Gasteiger charge is 2.12. The van der Waals surface area contributed by atoms with E-state index in [1.807, 2.05) is 0 Å². The van der Waals surface area contributed by atoms with Crippen LogP contribution in [-0.4, -0.2) is 33.9 Å². The van der Waals surface area contributed by atoms with Crippen molar-refractivity contribution < 1.29 is 22.7 Å². The highest BCUT2D eigenvalue weighted by atomic mass is 32.2. The lowest BCUT2D eigenvalue weighted by molar-refractivity contribution is 0.0600. The average Bonchev–Trinajstić information content (AvgIpc) is 2.34. The van der Waals surface area contributed by atoms with Gasteiger partial charge in [0.05, 0.1) is 25.0 Å². The predicted octanol–water partition coefficient (Wildman–Crippen LogP) is 0.777. The van der Waals surface area contributed by atoms with Crippen molar-refractivity contribution in [3.05, 3.63) is 29.8 Å². The van der Waals surface area contributed by atoms with Gasteiger partial charge in [-0.25, -0.2) is 18.4 Å². The number of hydrogen-bond acceptors (Lipinski definition) is 5. The Hall–Kier alpha value is -1.60. The van der Waals surface area contributed by atoms with Crippen LogP contribution in [0.4, 0.5) is 0 Å². The van der Waals surface area contributed by atoms with Gasteiger partial charge in [0.2, 0.25) is 10.0 Å². The van der Waals surface area contributed by atoms with E-state index in [0.717, 1.165) is 0 Å². The van der Waals surface area contributed by atoms with Crippen LogP contribution >= 0.6 is 0 Å². The minimum absolute atomic E-state index is 0.132. The van der Waals surface area contributed by atoms with E-state index in [9.17, 15) is 13.2 Å². The number of methoxy groups -OCH3 is 1. The zero-order chi connectivity index (χ0) is 14.5. The Bertz CT molecular complexity index is 524. The first-order valence-corrected chi connectivity index (χ1v) is 7.35. The van der Waals surface area contributed by atoms with Crippen LogP contribution < -0.4 is 9.88 Å². The normalized spacial score (nSPS) is 12.8. The minimum Gasteiger partial charge on any atom is -0.493 e. The van der Waals surface area contributed by atoms with Crippen molar-refractivity contribution in [3.63, 3.8) is 0 Å². The Morgan fingerprint density at radius 2 is 1.89 bits per heavy atom. The van der Waals surface area contributed by atoms with Gasteiger partial charge in [-0.15, -0.1) is 0 Å². The van der Waals surface area contributed by atoms with E-state index in [0.29, 0.717) is 11.3 Å². The number of benzene rings is 1. The summed E-state index contributed by atoms with van der Waals surface area (Å²) in [5.41, 5.74) is 0.424. The molecule has 0 bridgehead atoms. The van der Waals surface area contributed by atoms with Crippen LogP contribution in [0.25, 0.3) is 0 Å². The third-order valence-electron chi connectivity index (χ3n) is 2.33. The summed E-state index contributed by atoms with van der Waals surface area (Å²) in [6.07, 6.45) is 0. The minimum atomic E-state index is -3.49. The molecule has 0 radical (unpaired) electrons. The zero-order valence-corrected chi connectivity index (χ0v) is 11.6. The van der Waals surface area contributed by atoms with Gasteiger partial charge < -0.3 is 9.47 Å². The largest absolute Gasteiger partial charge is 0.493 e. The zero-order valence-electron chi connectivity index (χ0n) is 10.8. The second-order valence-electron chi connectivity index (χ2n) is 4.26. The molecule has 6 nitrogen and oxygen atoms in total. The summed E-state index contributed by atoms with van der Waals surface area (Å²) in [5.74, 6) is -0.217. The Labute approximate surface area is 112 Å². The Morgan fingerprint density at radius 1 is 1.32 bits per heavy atom. The molecule has 1 rings (SSSR count). The van der Waals surface area contributed by atoms with Gasteiger partial charge in [0, 0.05) is 5.92 Å². The van der Waals surface area contributed by atoms with Crippen molar-refractivity contribution in [2.75, 3.05) is 19.5 Å². The lowest BCUT2D eigenvalue weighted by Crippen LogP contribution is -2.25. The maximum Gasteiger partial charge on any atom is 0.337 e. The first kappa shape index (κ1) is 15.5. The van der Waals surface area contributed by atoms with Crippen molar-refractivity contribution in [2.45, 2.75) is 6.92 Å². The second-order valence-corrected chi connectivity index (χ2v) is 5.92. The molecule has 0 heterocycles. The highest BCUT2D eigenvalue weighted by molar-refractivity contribution is 7.89. The molecule has 0 spiro atoms. The molecule has 7 heteroatoms. The SMILES string of the molecule is COC(=O)c1ccc(OCC(C)CS(N)(=O)=O)cc1. The van der Waals surface area contributed by atoms with Crippen molar-refractivity contribution in [2.24, 2.45) is 11.1 Å². The van der Waals surface area contributed by atoms with E-state index < -0.39 is 16.0 Å². The van der Waals surface area contributed by atoms with E-state index in [-0.39, 0.29) is 18.3 Å². The fourth-order valence-corrected chi connectivity index (χ4v) is 2.38. The second kappa shape index (κ2) is 6.53. The predicted molar refractivity (Wildman–Crippen MR) is 70.4 cm³/mol. The molecular formula is C12H17NO5S. The summed E-state index contributed by atoms with van der Waals surface area (Å²) < 4.78 is 31.7. The molecule has 0 saturated heterocycles. The summed E-state index contributed by atoms with van der Waals surface area (Å²) in [6, 6.07) is 6.39. The summed E-state index contributed by atoms with van der Waals surface area (Å²) in [4.78, 5) is 11.2. The van der Waals surface area contributed by atoms with Gasteiger partial charge in [-0.05, 0) is 24.3 Å². The third-order valence-corrected chi connectivity index (χ3v) is 3.36. The fourth-order valence-electron chi connectivity index (χ4n) is 1.49. The van der Waals surface area contributed by atoms with E-state index in [4.69, 9.17) is 9.88 Å².